The first-order chi connectivity index (χ1) is 9.53. The maximum atomic E-state index is 12.2. The van der Waals surface area contributed by atoms with Crippen LogP contribution in [0.15, 0.2) is 12.2 Å². The monoisotopic (exact) mass is 297 g/mol. The first-order valence-electron chi connectivity index (χ1n) is 7.31. The fourth-order valence-electron chi connectivity index (χ4n) is 3.91. The quantitative estimate of drug-likeness (QED) is 0.491. The minimum absolute atomic E-state index is 0.0983. The van der Waals surface area contributed by atoms with Crippen molar-refractivity contribution in [2.45, 2.75) is 50.2 Å². The van der Waals surface area contributed by atoms with Gasteiger partial charge in [0, 0.05) is 5.88 Å². The van der Waals surface area contributed by atoms with Gasteiger partial charge in [-0.25, -0.2) is 4.79 Å². The standard InChI is InChI=1S/C15H20ClNO3/c1-14-11(7-8-16)12(18)17-15(14,13(19)20-14)9-10-5-3-2-4-6-10/h3,5,10-11H,2,4,6-9H2,1H3,(H,17,18)/t10?,11?,14-,15-/m0/s1. The zero-order valence-corrected chi connectivity index (χ0v) is 12.4. The van der Waals surface area contributed by atoms with Crippen LogP contribution in [0.4, 0.5) is 0 Å². The SMILES string of the molecule is C[C@@]12OC(=O)[C@]1(CC1C=CCCC1)NC(=O)C2CCCl. The topological polar surface area (TPSA) is 55.4 Å². The molecule has 2 heterocycles. The first kappa shape index (κ1) is 13.9. The van der Waals surface area contributed by atoms with E-state index in [0.29, 0.717) is 24.6 Å². The molecule has 0 spiro atoms. The molecular formula is C15H20ClNO3. The third-order valence-corrected chi connectivity index (χ3v) is 5.36. The van der Waals surface area contributed by atoms with Crippen molar-refractivity contribution in [1.82, 2.24) is 5.32 Å². The highest BCUT2D eigenvalue weighted by Crippen LogP contribution is 2.53. The number of alkyl halides is 1. The van der Waals surface area contributed by atoms with E-state index in [1.165, 1.54) is 0 Å². The van der Waals surface area contributed by atoms with Gasteiger partial charge in [-0.15, -0.1) is 11.6 Å². The van der Waals surface area contributed by atoms with Gasteiger partial charge in [0.2, 0.25) is 5.91 Å². The number of hydrogen-bond acceptors (Lipinski definition) is 3. The summed E-state index contributed by atoms with van der Waals surface area (Å²) < 4.78 is 5.43. The summed E-state index contributed by atoms with van der Waals surface area (Å²) in [5, 5.41) is 2.93. The lowest BCUT2D eigenvalue weighted by Crippen LogP contribution is -2.74. The number of ether oxygens (including phenoxy) is 1. The Balaban J connectivity index is 1.86. The van der Waals surface area contributed by atoms with Crippen molar-refractivity contribution in [3.05, 3.63) is 12.2 Å². The highest BCUT2D eigenvalue weighted by Gasteiger charge is 2.75. The molecule has 2 fully saturated rings. The molecule has 0 aromatic rings. The molecule has 1 N–H and O–H groups in total. The summed E-state index contributed by atoms with van der Waals surface area (Å²) in [6.45, 7) is 1.87. The molecule has 4 atom stereocenters. The van der Waals surface area contributed by atoms with Crippen molar-refractivity contribution in [3.63, 3.8) is 0 Å². The second-order valence-corrected chi connectivity index (χ2v) is 6.62. The summed E-state index contributed by atoms with van der Waals surface area (Å²) in [5.74, 6) is 0.0180. The van der Waals surface area contributed by atoms with Gasteiger partial charge >= 0.3 is 5.97 Å². The lowest BCUT2D eigenvalue weighted by molar-refractivity contribution is -0.222. The third kappa shape index (κ3) is 1.73. The molecule has 20 heavy (non-hydrogen) atoms. The smallest absolute Gasteiger partial charge is 0.336 e. The molecule has 3 rings (SSSR count). The Bertz CT molecular complexity index is 478. The molecule has 0 aromatic carbocycles. The molecule has 0 saturated carbocycles. The number of halogens is 1. The van der Waals surface area contributed by atoms with Gasteiger partial charge in [-0.05, 0) is 44.9 Å². The van der Waals surface area contributed by atoms with Crippen molar-refractivity contribution in [1.29, 1.82) is 0 Å². The van der Waals surface area contributed by atoms with E-state index in [1.54, 1.807) is 0 Å². The molecule has 2 unspecified atom stereocenters. The molecule has 1 aliphatic carbocycles. The lowest BCUT2D eigenvalue weighted by atomic mass is 9.66. The van der Waals surface area contributed by atoms with Crippen LogP contribution in [0.2, 0.25) is 0 Å². The molecule has 1 amide bonds. The van der Waals surface area contributed by atoms with Gasteiger partial charge in [-0.2, -0.15) is 0 Å². The number of carbonyl (C=O) groups is 2. The lowest BCUT2D eigenvalue weighted by Gasteiger charge is -2.52. The van der Waals surface area contributed by atoms with E-state index in [1.807, 2.05) is 6.92 Å². The van der Waals surface area contributed by atoms with Crippen LogP contribution in [0.3, 0.4) is 0 Å². The molecule has 3 aliphatic rings. The van der Waals surface area contributed by atoms with Crippen LogP contribution in [-0.4, -0.2) is 28.9 Å². The second kappa shape index (κ2) is 4.76. The van der Waals surface area contributed by atoms with E-state index in [-0.39, 0.29) is 17.8 Å². The Morgan fingerprint density at radius 3 is 2.90 bits per heavy atom. The van der Waals surface area contributed by atoms with Crippen molar-refractivity contribution < 1.29 is 14.3 Å². The fourth-order valence-corrected chi connectivity index (χ4v) is 4.13. The summed E-state index contributed by atoms with van der Waals surface area (Å²) >= 11 is 5.79. The van der Waals surface area contributed by atoms with Gasteiger partial charge in [0.15, 0.2) is 11.1 Å². The van der Waals surface area contributed by atoms with E-state index >= 15 is 0 Å². The number of hydrogen-bond donors (Lipinski definition) is 1. The minimum atomic E-state index is -0.840. The average Bonchev–Trinajstić information content (AvgIpc) is 2.59. The van der Waals surface area contributed by atoms with Crippen molar-refractivity contribution in [2.24, 2.45) is 11.8 Å². The van der Waals surface area contributed by atoms with E-state index in [0.717, 1.165) is 19.3 Å². The van der Waals surface area contributed by atoms with Crippen LogP contribution in [0, 0.1) is 11.8 Å². The second-order valence-electron chi connectivity index (χ2n) is 6.24. The highest BCUT2D eigenvalue weighted by molar-refractivity contribution is 6.18. The van der Waals surface area contributed by atoms with Crippen LogP contribution < -0.4 is 5.32 Å². The molecule has 0 bridgehead atoms. The average molecular weight is 298 g/mol. The number of fused-ring (bicyclic) bond motifs is 1. The van der Waals surface area contributed by atoms with Crippen LogP contribution >= 0.6 is 11.6 Å². The summed E-state index contributed by atoms with van der Waals surface area (Å²) in [4.78, 5) is 24.3. The van der Waals surface area contributed by atoms with Crippen LogP contribution in [0.1, 0.15) is 39.0 Å². The van der Waals surface area contributed by atoms with Crippen molar-refractivity contribution >= 4 is 23.5 Å². The van der Waals surface area contributed by atoms with Crippen molar-refractivity contribution in [2.75, 3.05) is 5.88 Å². The molecule has 0 radical (unpaired) electrons. The number of allylic oxidation sites excluding steroid dienone is 2. The molecule has 4 nitrogen and oxygen atoms in total. The van der Waals surface area contributed by atoms with Crippen LogP contribution in [-0.2, 0) is 14.3 Å². The largest absolute Gasteiger partial charge is 0.453 e. The van der Waals surface area contributed by atoms with Gasteiger partial charge in [0.25, 0.3) is 0 Å². The molecular weight excluding hydrogens is 278 g/mol. The predicted molar refractivity (Wildman–Crippen MR) is 75.3 cm³/mol. The summed E-state index contributed by atoms with van der Waals surface area (Å²) in [5.41, 5.74) is -1.57. The van der Waals surface area contributed by atoms with Gasteiger partial charge in [0.05, 0.1) is 5.92 Å². The predicted octanol–water partition coefficient (Wildman–Crippen LogP) is 2.16. The van der Waals surface area contributed by atoms with E-state index in [4.69, 9.17) is 16.3 Å². The maximum absolute atomic E-state index is 12.2. The van der Waals surface area contributed by atoms with E-state index in [9.17, 15) is 9.59 Å². The summed E-state index contributed by atoms with van der Waals surface area (Å²) in [6.07, 6.45) is 8.83. The molecule has 0 aromatic heterocycles. The Labute approximate surface area is 123 Å². The Morgan fingerprint density at radius 1 is 1.50 bits per heavy atom. The maximum Gasteiger partial charge on any atom is 0.336 e. The summed E-state index contributed by atoms with van der Waals surface area (Å²) in [7, 11) is 0. The Kier molecular flexibility index (Phi) is 3.32. The normalized spacial score (nSPS) is 42.7. The number of rotatable bonds is 4. The number of esters is 1. The molecule has 5 heteroatoms. The zero-order valence-electron chi connectivity index (χ0n) is 11.7. The number of nitrogens with one attached hydrogen (secondary N) is 1. The van der Waals surface area contributed by atoms with E-state index < -0.39 is 11.1 Å². The third-order valence-electron chi connectivity index (χ3n) is 5.14. The number of amides is 1. The van der Waals surface area contributed by atoms with Crippen LogP contribution in [0.25, 0.3) is 0 Å². The summed E-state index contributed by atoms with van der Waals surface area (Å²) in [6, 6.07) is 0. The van der Waals surface area contributed by atoms with Crippen molar-refractivity contribution in [3.8, 4) is 0 Å². The Morgan fingerprint density at radius 2 is 2.30 bits per heavy atom. The van der Waals surface area contributed by atoms with Gasteiger partial charge in [-0.3, -0.25) is 4.79 Å². The van der Waals surface area contributed by atoms with Gasteiger partial charge in [-0.1, -0.05) is 12.2 Å². The van der Waals surface area contributed by atoms with Gasteiger partial charge < -0.3 is 10.1 Å². The number of carbonyl (C=O) groups excluding carboxylic acids is 2. The first-order valence-corrected chi connectivity index (χ1v) is 7.85. The zero-order chi connectivity index (χ0) is 14.4. The van der Waals surface area contributed by atoms with Crippen LogP contribution in [0.5, 0.6) is 0 Å². The fraction of sp³-hybridized carbons (Fsp3) is 0.733. The Hall–Kier alpha value is -1.03. The minimum Gasteiger partial charge on any atom is -0.453 e. The van der Waals surface area contributed by atoms with E-state index in [2.05, 4.69) is 17.5 Å². The van der Waals surface area contributed by atoms with Gasteiger partial charge in [0.1, 0.15) is 0 Å². The molecule has 110 valence electrons. The molecule has 2 saturated heterocycles. The highest BCUT2D eigenvalue weighted by atomic mass is 35.5. The molecule has 2 aliphatic heterocycles.